The van der Waals surface area contributed by atoms with Crippen molar-refractivity contribution in [1.82, 2.24) is 24.1 Å². The van der Waals surface area contributed by atoms with Crippen molar-refractivity contribution in [3.8, 4) is 0 Å². The van der Waals surface area contributed by atoms with Crippen molar-refractivity contribution in [3.05, 3.63) is 46.6 Å². The number of carbonyl (C=O) groups excluding carboxylic acids is 1. The van der Waals surface area contributed by atoms with E-state index in [0.29, 0.717) is 22.1 Å². The van der Waals surface area contributed by atoms with E-state index >= 15 is 0 Å². The Labute approximate surface area is 177 Å². The van der Waals surface area contributed by atoms with Gasteiger partial charge in [0.1, 0.15) is 29.2 Å². The number of benzene rings is 1. The second-order valence-electron chi connectivity index (χ2n) is 7.28. The van der Waals surface area contributed by atoms with Crippen molar-refractivity contribution in [2.45, 2.75) is 25.8 Å². The number of piperidine rings is 1. The van der Waals surface area contributed by atoms with Crippen LogP contribution in [0.1, 0.15) is 19.3 Å². The summed E-state index contributed by atoms with van der Waals surface area (Å²) in [6, 6.07) is 2.67. The molecule has 0 bridgehead atoms. The normalized spacial score (nSPS) is 14.5. The van der Waals surface area contributed by atoms with Crippen LogP contribution in [0.4, 0.5) is 19.6 Å². The molecule has 1 amide bonds. The van der Waals surface area contributed by atoms with Gasteiger partial charge in [-0.2, -0.15) is 4.98 Å². The molecule has 0 spiro atoms. The number of rotatable bonds is 4. The van der Waals surface area contributed by atoms with Crippen LogP contribution in [-0.4, -0.2) is 43.1 Å². The summed E-state index contributed by atoms with van der Waals surface area (Å²) in [6.45, 7) is 1.44. The van der Waals surface area contributed by atoms with Crippen molar-refractivity contribution in [2.24, 2.45) is 0 Å². The second kappa shape index (κ2) is 7.69. The lowest BCUT2D eigenvalue weighted by molar-refractivity contribution is -0.117. The number of aromatic nitrogens is 5. The predicted octanol–water partition coefficient (Wildman–Crippen LogP) is 2.41. The molecule has 0 radical (unpaired) electrons. The van der Waals surface area contributed by atoms with Gasteiger partial charge in [0.05, 0.1) is 0 Å². The summed E-state index contributed by atoms with van der Waals surface area (Å²) >= 11 is 1.41. The summed E-state index contributed by atoms with van der Waals surface area (Å²) < 4.78 is 29.5. The summed E-state index contributed by atoms with van der Waals surface area (Å²) in [6.07, 6.45) is 4.76. The lowest BCUT2D eigenvalue weighted by Gasteiger charge is -2.25. The van der Waals surface area contributed by atoms with E-state index in [9.17, 15) is 18.4 Å². The van der Waals surface area contributed by atoms with Crippen molar-refractivity contribution >= 4 is 44.1 Å². The van der Waals surface area contributed by atoms with Crippen molar-refractivity contribution < 1.29 is 13.6 Å². The Hall–Kier alpha value is -3.41. The fourth-order valence-electron chi connectivity index (χ4n) is 3.61. The van der Waals surface area contributed by atoms with Gasteiger partial charge in [-0.05, 0) is 31.4 Å². The third kappa shape index (κ3) is 3.74. The van der Waals surface area contributed by atoms with Crippen LogP contribution in [0.15, 0.2) is 29.3 Å². The number of amides is 1. The number of carbonyl (C=O) groups is 1. The number of nitrogens with zero attached hydrogens (tertiary/aromatic N) is 6. The minimum absolute atomic E-state index is 0.0444. The largest absolute Gasteiger partial charge is 0.352 e. The maximum Gasteiger partial charge on any atom is 0.352 e. The number of hydrogen-bond donors (Lipinski definition) is 1. The van der Waals surface area contributed by atoms with Gasteiger partial charge in [0.25, 0.3) is 0 Å². The monoisotopic (exact) mass is 445 g/mol. The minimum atomic E-state index is -0.816. The maximum atomic E-state index is 13.3. The van der Waals surface area contributed by atoms with E-state index < -0.39 is 29.8 Å². The number of nitrogens with one attached hydrogen (secondary N) is 1. The molecule has 9 nitrogen and oxygen atoms in total. The lowest BCUT2D eigenvalue weighted by Crippen LogP contribution is -2.29. The fourth-order valence-corrected chi connectivity index (χ4v) is 4.66. The summed E-state index contributed by atoms with van der Waals surface area (Å²) in [5.74, 6) is -2.27. The molecule has 1 fully saturated rings. The van der Waals surface area contributed by atoms with Gasteiger partial charge in [0.2, 0.25) is 5.91 Å². The van der Waals surface area contributed by atoms with Crippen LogP contribution < -0.4 is 15.9 Å². The Bertz CT molecular complexity index is 1340. The third-order valence-electron chi connectivity index (χ3n) is 5.03. The molecule has 12 heteroatoms. The SMILES string of the molecule is O=C(Cn1nc2c3sc(N4CCCCC4)nc3ncn2c1=O)Nc1cc(F)cc(F)c1. The Kier molecular flexibility index (Phi) is 4.85. The van der Waals surface area contributed by atoms with Crippen LogP contribution in [0.25, 0.3) is 16.0 Å². The average molecular weight is 445 g/mol. The first kappa shape index (κ1) is 19.5. The van der Waals surface area contributed by atoms with E-state index in [2.05, 4.69) is 25.3 Å². The Morgan fingerprint density at radius 2 is 1.87 bits per heavy atom. The summed E-state index contributed by atoms with van der Waals surface area (Å²) in [5, 5.41) is 7.49. The molecule has 31 heavy (non-hydrogen) atoms. The van der Waals surface area contributed by atoms with Crippen LogP contribution in [0.5, 0.6) is 0 Å². The van der Waals surface area contributed by atoms with Gasteiger partial charge in [-0.15, -0.1) is 5.10 Å². The van der Waals surface area contributed by atoms with Crippen molar-refractivity contribution in [1.29, 1.82) is 0 Å². The predicted molar refractivity (Wildman–Crippen MR) is 111 cm³/mol. The molecule has 4 heterocycles. The fraction of sp³-hybridized carbons (Fsp3) is 0.316. The van der Waals surface area contributed by atoms with Crippen LogP contribution >= 0.6 is 11.3 Å². The molecule has 160 valence electrons. The van der Waals surface area contributed by atoms with Crippen molar-refractivity contribution in [3.63, 3.8) is 0 Å². The Balaban J connectivity index is 1.44. The summed E-state index contributed by atoms with van der Waals surface area (Å²) in [4.78, 5) is 36.0. The van der Waals surface area contributed by atoms with Gasteiger partial charge in [-0.1, -0.05) is 11.3 Å². The van der Waals surface area contributed by atoms with E-state index in [1.165, 1.54) is 28.5 Å². The van der Waals surface area contributed by atoms with E-state index in [1.54, 1.807) is 0 Å². The van der Waals surface area contributed by atoms with Crippen LogP contribution in [0.2, 0.25) is 0 Å². The number of halogens is 2. The molecule has 5 rings (SSSR count). The molecule has 0 saturated carbocycles. The molecule has 4 aromatic rings. The molecule has 3 aromatic heterocycles. The van der Waals surface area contributed by atoms with E-state index in [0.717, 1.165) is 47.9 Å². The van der Waals surface area contributed by atoms with Gasteiger partial charge in [-0.3, -0.25) is 4.79 Å². The van der Waals surface area contributed by atoms with Crippen LogP contribution in [0, 0.1) is 11.6 Å². The molecular weight excluding hydrogens is 428 g/mol. The van der Waals surface area contributed by atoms with Gasteiger partial charge in [0, 0.05) is 24.8 Å². The number of anilines is 2. The first-order valence-corrected chi connectivity index (χ1v) is 10.6. The topological polar surface area (TPSA) is 97.4 Å². The molecule has 0 atom stereocenters. The third-order valence-corrected chi connectivity index (χ3v) is 6.13. The second-order valence-corrected chi connectivity index (χ2v) is 8.26. The van der Waals surface area contributed by atoms with Crippen LogP contribution in [-0.2, 0) is 11.3 Å². The zero-order valence-corrected chi connectivity index (χ0v) is 17.0. The summed E-state index contributed by atoms with van der Waals surface area (Å²) in [5.41, 5.74) is 0.269. The Morgan fingerprint density at radius 3 is 2.61 bits per heavy atom. The van der Waals surface area contributed by atoms with Gasteiger partial charge in [0.15, 0.2) is 16.4 Å². The van der Waals surface area contributed by atoms with Gasteiger partial charge < -0.3 is 10.2 Å². The highest BCUT2D eigenvalue weighted by molar-refractivity contribution is 7.22. The van der Waals surface area contributed by atoms with Gasteiger partial charge >= 0.3 is 5.69 Å². The molecule has 1 aliphatic heterocycles. The molecular formula is C19H17F2N7O2S. The number of fused-ring (bicyclic) bond motifs is 3. The molecule has 1 N–H and O–H groups in total. The highest BCUT2D eigenvalue weighted by atomic mass is 32.1. The van der Waals surface area contributed by atoms with E-state index in [-0.39, 0.29) is 5.69 Å². The smallest absolute Gasteiger partial charge is 0.348 e. The highest BCUT2D eigenvalue weighted by Crippen LogP contribution is 2.31. The van der Waals surface area contributed by atoms with Crippen molar-refractivity contribution in [2.75, 3.05) is 23.3 Å². The maximum absolute atomic E-state index is 13.3. The van der Waals surface area contributed by atoms with E-state index in [1.807, 2.05) is 0 Å². The lowest BCUT2D eigenvalue weighted by atomic mass is 10.1. The zero-order chi connectivity index (χ0) is 21.5. The quantitative estimate of drug-likeness (QED) is 0.518. The summed E-state index contributed by atoms with van der Waals surface area (Å²) in [7, 11) is 0. The highest BCUT2D eigenvalue weighted by Gasteiger charge is 2.20. The average Bonchev–Trinajstić information content (AvgIpc) is 3.30. The van der Waals surface area contributed by atoms with E-state index in [4.69, 9.17) is 0 Å². The number of thiazole rings is 1. The van der Waals surface area contributed by atoms with Gasteiger partial charge in [-0.25, -0.2) is 27.6 Å². The zero-order valence-electron chi connectivity index (χ0n) is 16.2. The first-order chi connectivity index (χ1) is 15.0. The molecule has 1 aromatic carbocycles. The molecule has 0 aliphatic carbocycles. The molecule has 1 aliphatic rings. The van der Waals surface area contributed by atoms with Crippen LogP contribution in [0.3, 0.4) is 0 Å². The Morgan fingerprint density at radius 1 is 1.13 bits per heavy atom. The molecule has 0 unspecified atom stereocenters. The standard InChI is InChI=1S/C19H17F2N7O2S/c20-11-6-12(21)8-13(7-11)23-14(29)9-28-19(30)27-10-22-16-15(17(27)25-28)31-18(24-16)26-4-2-1-3-5-26/h6-8,10H,1-5,9H2,(H,23,29). The first-order valence-electron chi connectivity index (χ1n) is 9.73. The number of hydrogen-bond acceptors (Lipinski definition) is 7. The molecule has 1 saturated heterocycles. The minimum Gasteiger partial charge on any atom is -0.348 e.